The first-order chi connectivity index (χ1) is 6.02. The number of nitro groups is 1. The molecule has 0 saturated heterocycles. The topological polar surface area (TPSA) is 72.4 Å². The Bertz CT molecular complexity index is 336. The Balaban J connectivity index is 3.13. The molecule has 0 saturated carbocycles. The average Bonchev–Trinajstić information content (AvgIpc) is 2.03. The third kappa shape index (κ3) is 1.87. The van der Waals surface area contributed by atoms with Crippen LogP contribution in [-0.2, 0) is 0 Å². The van der Waals surface area contributed by atoms with Crippen LogP contribution in [0.5, 0.6) is 0 Å². The smallest absolute Gasteiger partial charge is 0.271 e. The van der Waals surface area contributed by atoms with Crippen LogP contribution in [0, 0.1) is 10.1 Å². The second-order valence-electron chi connectivity index (χ2n) is 2.89. The van der Waals surface area contributed by atoms with Gasteiger partial charge in [-0.05, 0) is 6.07 Å². The normalized spacial score (nSPS) is 9.69. The SMILES string of the molecule is CN(C)c1ccc([N+](=O)[O-])cc1N. The monoisotopic (exact) mass is 181 g/mol. The van der Waals surface area contributed by atoms with Gasteiger partial charge in [-0.3, -0.25) is 10.1 Å². The quantitative estimate of drug-likeness (QED) is 0.423. The highest BCUT2D eigenvalue weighted by Gasteiger charge is 2.08. The summed E-state index contributed by atoms with van der Waals surface area (Å²) in [5.74, 6) is 0. The summed E-state index contributed by atoms with van der Waals surface area (Å²) in [6.45, 7) is 0. The van der Waals surface area contributed by atoms with Gasteiger partial charge in [0.1, 0.15) is 0 Å². The predicted molar refractivity (Wildman–Crippen MR) is 51.8 cm³/mol. The Kier molecular flexibility index (Phi) is 2.36. The van der Waals surface area contributed by atoms with Gasteiger partial charge in [-0.2, -0.15) is 0 Å². The summed E-state index contributed by atoms with van der Waals surface area (Å²) in [5.41, 5.74) is 6.83. The Labute approximate surface area is 75.9 Å². The minimum absolute atomic E-state index is 0.0168. The van der Waals surface area contributed by atoms with E-state index >= 15 is 0 Å². The minimum Gasteiger partial charge on any atom is -0.397 e. The molecule has 0 aliphatic heterocycles. The van der Waals surface area contributed by atoms with Crippen molar-refractivity contribution in [3.8, 4) is 0 Å². The summed E-state index contributed by atoms with van der Waals surface area (Å²) >= 11 is 0. The molecule has 0 bridgehead atoms. The first-order valence-electron chi connectivity index (χ1n) is 3.73. The zero-order valence-electron chi connectivity index (χ0n) is 7.52. The summed E-state index contributed by atoms with van der Waals surface area (Å²) in [7, 11) is 3.66. The number of nitrogens with two attached hydrogens (primary N) is 1. The molecule has 0 radical (unpaired) electrons. The van der Waals surface area contributed by atoms with Crippen LogP contribution in [0.15, 0.2) is 18.2 Å². The van der Waals surface area contributed by atoms with E-state index in [-0.39, 0.29) is 5.69 Å². The van der Waals surface area contributed by atoms with E-state index in [4.69, 9.17) is 5.73 Å². The Morgan fingerprint density at radius 1 is 1.46 bits per heavy atom. The fourth-order valence-corrected chi connectivity index (χ4v) is 1.06. The number of anilines is 2. The minimum atomic E-state index is -0.462. The van der Waals surface area contributed by atoms with Crippen molar-refractivity contribution in [2.45, 2.75) is 0 Å². The Morgan fingerprint density at radius 3 is 2.46 bits per heavy atom. The van der Waals surface area contributed by atoms with Crippen LogP contribution in [-0.4, -0.2) is 19.0 Å². The molecule has 0 spiro atoms. The van der Waals surface area contributed by atoms with Crippen LogP contribution >= 0.6 is 0 Å². The molecule has 0 amide bonds. The third-order valence-electron chi connectivity index (χ3n) is 1.70. The number of nitro benzene ring substituents is 1. The van der Waals surface area contributed by atoms with Crippen molar-refractivity contribution in [3.05, 3.63) is 28.3 Å². The van der Waals surface area contributed by atoms with Gasteiger partial charge in [0.15, 0.2) is 0 Å². The number of nitrogen functional groups attached to an aromatic ring is 1. The van der Waals surface area contributed by atoms with E-state index in [9.17, 15) is 10.1 Å². The largest absolute Gasteiger partial charge is 0.397 e. The van der Waals surface area contributed by atoms with Gasteiger partial charge in [0.05, 0.1) is 16.3 Å². The number of benzene rings is 1. The molecule has 2 N–H and O–H groups in total. The van der Waals surface area contributed by atoms with E-state index in [0.29, 0.717) is 5.69 Å². The van der Waals surface area contributed by atoms with Gasteiger partial charge in [-0.15, -0.1) is 0 Å². The molecule has 0 heterocycles. The Morgan fingerprint density at radius 2 is 2.08 bits per heavy atom. The lowest BCUT2D eigenvalue weighted by Gasteiger charge is -2.14. The highest BCUT2D eigenvalue weighted by atomic mass is 16.6. The van der Waals surface area contributed by atoms with Crippen molar-refractivity contribution in [2.24, 2.45) is 0 Å². The van der Waals surface area contributed by atoms with E-state index in [1.807, 2.05) is 14.1 Å². The summed E-state index contributed by atoms with van der Waals surface area (Å²) in [4.78, 5) is 11.7. The van der Waals surface area contributed by atoms with Gasteiger partial charge in [0.2, 0.25) is 0 Å². The first kappa shape index (κ1) is 9.31. The van der Waals surface area contributed by atoms with Crippen LogP contribution in [0.4, 0.5) is 17.1 Å². The molecule has 13 heavy (non-hydrogen) atoms. The van der Waals surface area contributed by atoms with Gasteiger partial charge in [-0.1, -0.05) is 0 Å². The van der Waals surface area contributed by atoms with Crippen LogP contribution < -0.4 is 10.6 Å². The maximum atomic E-state index is 10.4. The lowest BCUT2D eigenvalue weighted by molar-refractivity contribution is -0.384. The van der Waals surface area contributed by atoms with Crippen molar-refractivity contribution < 1.29 is 4.92 Å². The fraction of sp³-hybridized carbons (Fsp3) is 0.250. The lowest BCUT2D eigenvalue weighted by Crippen LogP contribution is -2.11. The van der Waals surface area contributed by atoms with Gasteiger partial charge in [-0.25, -0.2) is 0 Å². The highest BCUT2D eigenvalue weighted by molar-refractivity contribution is 5.69. The van der Waals surface area contributed by atoms with Crippen molar-refractivity contribution in [1.29, 1.82) is 0 Å². The van der Waals surface area contributed by atoms with Crippen LogP contribution in [0.2, 0.25) is 0 Å². The molecule has 5 heteroatoms. The molecular formula is C8H11N3O2. The van der Waals surface area contributed by atoms with Crippen LogP contribution in [0.25, 0.3) is 0 Å². The van der Waals surface area contributed by atoms with E-state index in [0.717, 1.165) is 5.69 Å². The summed E-state index contributed by atoms with van der Waals surface area (Å²) in [5, 5.41) is 10.4. The number of nitrogens with zero attached hydrogens (tertiary/aromatic N) is 2. The number of rotatable bonds is 2. The first-order valence-corrected chi connectivity index (χ1v) is 3.73. The van der Waals surface area contributed by atoms with Crippen molar-refractivity contribution in [2.75, 3.05) is 24.7 Å². The van der Waals surface area contributed by atoms with Crippen molar-refractivity contribution >= 4 is 17.1 Å². The summed E-state index contributed by atoms with van der Waals surface area (Å²) in [6.07, 6.45) is 0. The zero-order chi connectivity index (χ0) is 10.0. The van der Waals surface area contributed by atoms with Crippen LogP contribution in [0.1, 0.15) is 0 Å². The molecule has 1 aromatic rings. The number of non-ortho nitro benzene ring substituents is 1. The molecule has 0 aromatic heterocycles. The summed E-state index contributed by atoms with van der Waals surface area (Å²) in [6, 6.07) is 4.43. The van der Waals surface area contributed by atoms with Gasteiger partial charge in [0, 0.05) is 26.2 Å². The molecule has 0 aliphatic rings. The van der Waals surface area contributed by atoms with Gasteiger partial charge in [0.25, 0.3) is 5.69 Å². The molecule has 70 valence electrons. The lowest BCUT2D eigenvalue weighted by atomic mass is 10.2. The Hall–Kier alpha value is -1.78. The predicted octanol–water partition coefficient (Wildman–Crippen LogP) is 1.24. The van der Waals surface area contributed by atoms with Crippen LogP contribution in [0.3, 0.4) is 0 Å². The maximum absolute atomic E-state index is 10.4. The van der Waals surface area contributed by atoms with Crippen molar-refractivity contribution in [1.82, 2.24) is 0 Å². The highest BCUT2D eigenvalue weighted by Crippen LogP contribution is 2.25. The molecule has 0 fully saturated rings. The van der Waals surface area contributed by atoms with E-state index in [1.165, 1.54) is 12.1 Å². The molecule has 0 unspecified atom stereocenters. The third-order valence-corrected chi connectivity index (χ3v) is 1.70. The second-order valence-corrected chi connectivity index (χ2v) is 2.89. The zero-order valence-corrected chi connectivity index (χ0v) is 7.52. The van der Waals surface area contributed by atoms with Gasteiger partial charge >= 0.3 is 0 Å². The second kappa shape index (κ2) is 3.30. The number of hydrogen-bond donors (Lipinski definition) is 1. The average molecular weight is 181 g/mol. The van der Waals surface area contributed by atoms with E-state index in [1.54, 1.807) is 11.0 Å². The van der Waals surface area contributed by atoms with E-state index < -0.39 is 4.92 Å². The molecule has 1 rings (SSSR count). The number of hydrogen-bond acceptors (Lipinski definition) is 4. The standard InChI is InChI=1S/C8H11N3O2/c1-10(2)8-4-3-6(11(12)13)5-7(8)9/h3-5H,9H2,1-2H3. The molecule has 1 aromatic carbocycles. The maximum Gasteiger partial charge on any atom is 0.271 e. The molecule has 5 nitrogen and oxygen atoms in total. The fourth-order valence-electron chi connectivity index (χ4n) is 1.06. The summed E-state index contributed by atoms with van der Waals surface area (Å²) < 4.78 is 0. The van der Waals surface area contributed by atoms with Gasteiger partial charge < -0.3 is 10.6 Å². The van der Waals surface area contributed by atoms with E-state index in [2.05, 4.69) is 0 Å². The molecular weight excluding hydrogens is 170 g/mol. The van der Waals surface area contributed by atoms with Crippen molar-refractivity contribution in [3.63, 3.8) is 0 Å². The molecule has 0 aliphatic carbocycles. The molecule has 0 atom stereocenters.